The molecule has 1 aliphatic rings. The van der Waals surface area contributed by atoms with Crippen molar-refractivity contribution in [1.29, 1.82) is 0 Å². The minimum Gasteiger partial charge on any atom is -0.496 e. The van der Waals surface area contributed by atoms with Crippen LogP contribution in [0.25, 0.3) is 11.3 Å². The summed E-state index contributed by atoms with van der Waals surface area (Å²) in [5.74, 6) is 2.28. The number of methoxy groups -OCH3 is 1. The summed E-state index contributed by atoms with van der Waals surface area (Å²) in [5, 5.41) is 15.2. The second-order valence-electron chi connectivity index (χ2n) is 8.27. The Labute approximate surface area is 218 Å². The van der Waals surface area contributed by atoms with E-state index in [1.165, 1.54) is 19.2 Å². The van der Waals surface area contributed by atoms with E-state index in [1.807, 2.05) is 66.4 Å². The highest BCUT2D eigenvalue weighted by molar-refractivity contribution is 7.80. The fourth-order valence-electron chi connectivity index (χ4n) is 4.45. The maximum Gasteiger partial charge on any atom is 0.273 e. The summed E-state index contributed by atoms with van der Waals surface area (Å²) < 4.78 is 17.4. The molecule has 1 fully saturated rings. The number of non-ortho nitro benzene ring substituents is 1. The maximum atomic E-state index is 11.2. The molecule has 1 saturated heterocycles. The number of nitro groups is 1. The Hall–Kier alpha value is -4.44. The lowest BCUT2D eigenvalue weighted by atomic mass is 10.0. The minimum absolute atomic E-state index is 0.0605. The minimum atomic E-state index is -0.461. The largest absolute Gasteiger partial charge is 0.496 e. The predicted octanol–water partition coefficient (Wildman–Crippen LogP) is 5.83. The number of benzene rings is 2. The molecule has 1 N–H and O–H groups in total. The van der Waals surface area contributed by atoms with Gasteiger partial charge in [0.25, 0.3) is 5.69 Å². The van der Waals surface area contributed by atoms with Crippen molar-refractivity contribution in [3.05, 3.63) is 101 Å². The average molecular weight is 517 g/mol. The number of nitrogens with one attached hydrogen (secondary N) is 1. The SMILES string of the molecule is CCOc1ccc(N2C(=S)N[C@@H](c3ccccn3)[C@@H]2c2ccc(-c3ccc([N+](=O)[O-])cc3OC)o2)cc1. The zero-order valence-corrected chi connectivity index (χ0v) is 21.0. The molecule has 2 aromatic carbocycles. The van der Waals surface area contributed by atoms with Crippen LogP contribution in [0.15, 0.2) is 83.4 Å². The molecule has 10 heteroatoms. The first kappa shape index (κ1) is 24.3. The Bertz CT molecular complexity index is 1420. The van der Waals surface area contributed by atoms with Crippen LogP contribution in [0, 0.1) is 10.1 Å². The molecule has 4 aromatic rings. The van der Waals surface area contributed by atoms with E-state index in [-0.39, 0.29) is 17.8 Å². The third-order valence-corrected chi connectivity index (χ3v) is 6.42. The quantitative estimate of drug-likeness (QED) is 0.176. The van der Waals surface area contributed by atoms with Crippen LogP contribution in [0.4, 0.5) is 11.4 Å². The van der Waals surface area contributed by atoms with Crippen molar-refractivity contribution in [1.82, 2.24) is 10.3 Å². The first-order valence-corrected chi connectivity index (χ1v) is 12.1. The van der Waals surface area contributed by atoms with Gasteiger partial charge in [-0.05, 0) is 73.7 Å². The van der Waals surface area contributed by atoms with Crippen molar-refractivity contribution >= 4 is 28.7 Å². The topological polar surface area (TPSA) is 103 Å². The number of nitro benzene ring substituents is 1. The van der Waals surface area contributed by atoms with Crippen LogP contribution < -0.4 is 19.7 Å². The van der Waals surface area contributed by atoms with Gasteiger partial charge in [-0.1, -0.05) is 6.07 Å². The van der Waals surface area contributed by atoms with Gasteiger partial charge in [-0.15, -0.1) is 0 Å². The van der Waals surface area contributed by atoms with Gasteiger partial charge in [-0.3, -0.25) is 15.1 Å². The fourth-order valence-corrected chi connectivity index (χ4v) is 4.79. The molecule has 0 spiro atoms. The predicted molar refractivity (Wildman–Crippen MR) is 143 cm³/mol. The smallest absolute Gasteiger partial charge is 0.273 e. The van der Waals surface area contributed by atoms with Crippen LogP contribution in [-0.2, 0) is 0 Å². The van der Waals surface area contributed by atoms with Gasteiger partial charge in [0.05, 0.1) is 42.0 Å². The Kier molecular flexibility index (Phi) is 6.74. The second-order valence-corrected chi connectivity index (χ2v) is 8.65. The summed E-state index contributed by atoms with van der Waals surface area (Å²) >= 11 is 5.77. The number of rotatable bonds is 8. The monoisotopic (exact) mass is 516 g/mol. The Morgan fingerprint density at radius 1 is 1.14 bits per heavy atom. The summed E-state index contributed by atoms with van der Waals surface area (Å²) in [6, 6.07) is 21.0. The normalized spacial score (nSPS) is 16.9. The number of furan rings is 1. The first-order chi connectivity index (χ1) is 18.0. The fraction of sp³-hybridized carbons (Fsp3) is 0.185. The number of pyridine rings is 1. The molecule has 0 bridgehead atoms. The van der Waals surface area contributed by atoms with Crippen LogP contribution in [0.3, 0.4) is 0 Å². The van der Waals surface area contributed by atoms with Crippen LogP contribution in [0.5, 0.6) is 11.5 Å². The van der Waals surface area contributed by atoms with E-state index in [0.29, 0.717) is 34.6 Å². The number of hydrogen-bond acceptors (Lipinski definition) is 7. The summed E-state index contributed by atoms with van der Waals surface area (Å²) in [6.45, 7) is 2.52. The number of aromatic nitrogens is 1. The zero-order chi connectivity index (χ0) is 25.9. The van der Waals surface area contributed by atoms with Crippen LogP contribution in [0.2, 0.25) is 0 Å². The number of anilines is 1. The van der Waals surface area contributed by atoms with Gasteiger partial charge in [-0.2, -0.15) is 0 Å². The molecule has 0 radical (unpaired) electrons. The lowest BCUT2D eigenvalue weighted by molar-refractivity contribution is -0.384. The standard InChI is InChI=1S/C27H24N4O5S/c1-3-35-19-10-7-17(8-11-19)30-26(25(29-27(30)37)21-6-4-5-15-28-21)23-14-13-22(36-23)20-12-9-18(31(32)33)16-24(20)34-2/h4-16,25-26H,3H2,1-2H3,(H,29,37)/t25-,26-/m0/s1. The van der Waals surface area contributed by atoms with Gasteiger partial charge >= 0.3 is 0 Å². The van der Waals surface area contributed by atoms with Crippen molar-refractivity contribution < 1.29 is 18.8 Å². The molecule has 0 unspecified atom stereocenters. The number of thiocarbonyl (C=S) groups is 1. The van der Waals surface area contributed by atoms with Crippen LogP contribution >= 0.6 is 12.2 Å². The average Bonchev–Trinajstić information content (AvgIpc) is 3.54. The molecule has 0 amide bonds. The summed E-state index contributed by atoms with van der Waals surface area (Å²) in [5.41, 5.74) is 2.23. The molecule has 1 aliphatic heterocycles. The molecule has 5 rings (SSSR count). The second kappa shape index (κ2) is 10.3. The van der Waals surface area contributed by atoms with Crippen molar-refractivity contribution in [3.8, 4) is 22.8 Å². The van der Waals surface area contributed by atoms with Gasteiger partial charge < -0.3 is 24.1 Å². The van der Waals surface area contributed by atoms with Gasteiger partial charge in [-0.25, -0.2) is 0 Å². The lowest BCUT2D eigenvalue weighted by Gasteiger charge is -2.26. The Morgan fingerprint density at radius 2 is 1.95 bits per heavy atom. The van der Waals surface area contributed by atoms with Crippen molar-refractivity contribution in [3.63, 3.8) is 0 Å². The van der Waals surface area contributed by atoms with Gasteiger partial charge in [0, 0.05) is 18.0 Å². The van der Waals surface area contributed by atoms with E-state index < -0.39 is 4.92 Å². The third kappa shape index (κ3) is 4.70. The van der Waals surface area contributed by atoms with Gasteiger partial charge in [0.15, 0.2) is 5.11 Å². The molecule has 0 saturated carbocycles. The maximum absolute atomic E-state index is 11.2. The molecule has 2 aromatic heterocycles. The molecule has 9 nitrogen and oxygen atoms in total. The molecule has 37 heavy (non-hydrogen) atoms. The molecule has 0 aliphatic carbocycles. The van der Waals surface area contributed by atoms with Crippen molar-refractivity contribution in [2.24, 2.45) is 0 Å². The summed E-state index contributed by atoms with van der Waals surface area (Å²) in [4.78, 5) is 17.3. The van der Waals surface area contributed by atoms with E-state index in [4.69, 9.17) is 26.1 Å². The summed E-state index contributed by atoms with van der Waals surface area (Å²) in [7, 11) is 1.47. The van der Waals surface area contributed by atoms with E-state index in [1.54, 1.807) is 12.3 Å². The van der Waals surface area contributed by atoms with Crippen molar-refractivity contribution in [2.75, 3.05) is 18.6 Å². The third-order valence-electron chi connectivity index (χ3n) is 6.10. The van der Waals surface area contributed by atoms with E-state index in [2.05, 4.69) is 10.3 Å². The highest BCUT2D eigenvalue weighted by atomic mass is 32.1. The number of nitrogens with zero attached hydrogens (tertiary/aromatic N) is 3. The van der Waals surface area contributed by atoms with Crippen molar-refractivity contribution in [2.45, 2.75) is 19.0 Å². The first-order valence-electron chi connectivity index (χ1n) is 11.7. The van der Waals surface area contributed by atoms with Gasteiger partial charge in [0.2, 0.25) is 0 Å². The molecule has 2 atom stereocenters. The highest BCUT2D eigenvalue weighted by Gasteiger charge is 2.42. The van der Waals surface area contributed by atoms with Crippen LogP contribution in [0.1, 0.15) is 30.5 Å². The zero-order valence-electron chi connectivity index (χ0n) is 20.2. The van der Waals surface area contributed by atoms with Crippen LogP contribution in [-0.4, -0.2) is 28.7 Å². The Balaban J connectivity index is 1.57. The molecular weight excluding hydrogens is 492 g/mol. The highest BCUT2D eigenvalue weighted by Crippen LogP contribution is 2.44. The lowest BCUT2D eigenvalue weighted by Crippen LogP contribution is -2.29. The number of hydrogen-bond donors (Lipinski definition) is 1. The summed E-state index contributed by atoms with van der Waals surface area (Å²) in [6.07, 6.45) is 1.74. The number of ether oxygens (including phenoxy) is 2. The Morgan fingerprint density at radius 3 is 2.62 bits per heavy atom. The van der Waals surface area contributed by atoms with Gasteiger partial charge in [0.1, 0.15) is 29.1 Å². The van der Waals surface area contributed by atoms with E-state index in [0.717, 1.165) is 17.1 Å². The van der Waals surface area contributed by atoms with E-state index in [9.17, 15) is 10.1 Å². The molecule has 3 heterocycles. The van der Waals surface area contributed by atoms with E-state index >= 15 is 0 Å². The molecule has 188 valence electrons. The molecular formula is C27H24N4O5S.